The fraction of sp³-hybridized carbons (Fsp3) is 0.750. The van der Waals surface area contributed by atoms with Crippen LogP contribution in [-0.4, -0.2) is 4.98 Å². The molecule has 0 aliphatic carbocycles. The van der Waals surface area contributed by atoms with Gasteiger partial charge in [-0.15, -0.1) is 11.3 Å². The molecule has 0 aliphatic heterocycles. The predicted octanol–water partition coefficient (Wildman–Crippen LogP) is 4.44. The Morgan fingerprint density at radius 3 is 2.07 bits per heavy atom. The van der Waals surface area contributed by atoms with E-state index in [0.29, 0.717) is 0 Å². The minimum Gasteiger partial charge on any atom is -0.247 e. The highest BCUT2D eigenvalue weighted by Crippen LogP contribution is 2.32. The first-order valence-corrected chi connectivity index (χ1v) is 6.44. The molecule has 1 aromatic heterocycles. The normalized spacial score (nSPS) is 11.2. The van der Waals surface area contributed by atoms with E-state index in [2.05, 4.69) is 32.7 Å². The predicted molar refractivity (Wildman–Crippen MR) is 64.1 cm³/mol. The van der Waals surface area contributed by atoms with Gasteiger partial charge in [0.05, 0.1) is 10.7 Å². The van der Waals surface area contributed by atoms with Gasteiger partial charge in [-0.3, -0.25) is 0 Å². The maximum atomic E-state index is 4.51. The average Bonchev–Trinajstić information content (AvgIpc) is 2.45. The van der Waals surface area contributed by atoms with Gasteiger partial charge in [0.1, 0.15) is 0 Å². The number of rotatable bonds is 5. The Kier molecular flexibility index (Phi) is 4.59. The molecule has 0 atom stereocenters. The van der Waals surface area contributed by atoms with Gasteiger partial charge in [0, 0.05) is 4.88 Å². The van der Waals surface area contributed by atoms with E-state index >= 15 is 0 Å². The van der Waals surface area contributed by atoms with E-state index in [4.69, 9.17) is 0 Å². The molecule has 2 heteroatoms. The monoisotopic (exact) mass is 211 g/mol. The Balaban J connectivity index is 2.80. The SMILES string of the molecule is CCCC(CCC)c1sc(C)nc1C. The highest BCUT2D eigenvalue weighted by molar-refractivity contribution is 7.11. The molecule has 0 unspecified atom stereocenters. The maximum Gasteiger partial charge on any atom is 0.0900 e. The second-order valence-corrected chi connectivity index (χ2v) is 5.19. The molecule has 0 fully saturated rings. The van der Waals surface area contributed by atoms with Crippen LogP contribution in [-0.2, 0) is 0 Å². The van der Waals surface area contributed by atoms with Gasteiger partial charge >= 0.3 is 0 Å². The molecule has 0 radical (unpaired) electrons. The van der Waals surface area contributed by atoms with Gasteiger partial charge in [0.15, 0.2) is 0 Å². The molecule has 0 saturated carbocycles. The molecule has 0 bridgehead atoms. The van der Waals surface area contributed by atoms with Crippen LogP contribution in [0.1, 0.15) is 61.0 Å². The van der Waals surface area contributed by atoms with Crippen molar-refractivity contribution in [2.45, 2.75) is 59.3 Å². The van der Waals surface area contributed by atoms with E-state index < -0.39 is 0 Å². The molecule has 80 valence electrons. The first kappa shape index (κ1) is 11.7. The Morgan fingerprint density at radius 2 is 1.71 bits per heavy atom. The van der Waals surface area contributed by atoms with Crippen LogP contribution in [0.25, 0.3) is 0 Å². The van der Waals surface area contributed by atoms with Gasteiger partial charge in [-0.25, -0.2) is 4.98 Å². The molecule has 0 N–H and O–H groups in total. The van der Waals surface area contributed by atoms with Crippen molar-refractivity contribution < 1.29 is 0 Å². The van der Waals surface area contributed by atoms with Crippen molar-refractivity contribution in [1.29, 1.82) is 0 Å². The van der Waals surface area contributed by atoms with Gasteiger partial charge in [0.2, 0.25) is 0 Å². The number of nitrogens with zero attached hydrogens (tertiary/aromatic N) is 1. The van der Waals surface area contributed by atoms with Crippen molar-refractivity contribution in [2.24, 2.45) is 0 Å². The lowest BCUT2D eigenvalue weighted by atomic mass is 9.96. The van der Waals surface area contributed by atoms with E-state index in [1.165, 1.54) is 41.3 Å². The quantitative estimate of drug-likeness (QED) is 0.701. The molecule has 0 saturated heterocycles. The van der Waals surface area contributed by atoms with Crippen LogP contribution in [0.15, 0.2) is 0 Å². The largest absolute Gasteiger partial charge is 0.247 e. The lowest BCUT2D eigenvalue weighted by molar-refractivity contribution is 0.565. The number of hydrogen-bond acceptors (Lipinski definition) is 2. The summed E-state index contributed by atoms with van der Waals surface area (Å²) in [7, 11) is 0. The van der Waals surface area contributed by atoms with Crippen LogP contribution in [0.2, 0.25) is 0 Å². The maximum absolute atomic E-state index is 4.51. The molecule has 1 heterocycles. The van der Waals surface area contributed by atoms with Crippen molar-refractivity contribution in [3.8, 4) is 0 Å². The molecule has 1 rings (SSSR count). The summed E-state index contributed by atoms with van der Waals surface area (Å²) in [5.41, 5.74) is 1.26. The summed E-state index contributed by atoms with van der Waals surface area (Å²) < 4.78 is 0. The van der Waals surface area contributed by atoms with E-state index in [9.17, 15) is 0 Å². The Morgan fingerprint density at radius 1 is 1.14 bits per heavy atom. The van der Waals surface area contributed by atoms with Crippen LogP contribution in [0, 0.1) is 13.8 Å². The highest BCUT2D eigenvalue weighted by atomic mass is 32.1. The number of aromatic nitrogens is 1. The summed E-state index contributed by atoms with van der Waals surface area (Å²) in [5, 5.41) is 1.22. The first-order valence-electron chi connectivity index (χ1n) is 5.62. The van der Waals surface area contributed by atoms with Crippen LogP contribution in [0.5, 0.6) is 0 Å². The topological polar surface area (TPSA) is 12.9 Å². The average molecular weight is 211 g/mol. The van der Waals surface area contributed by atoms with E-state index in [0.717, 1.165) is 5.92 Å². The zero-order valence-corrected chi connectivity index (χ0v) is 10.6. The number of aryl methyl sites for hydroxylation is 2. The summed E-state index contributed by atoms with van der Waals surface area (Å²) >= 11 is 1.89. The third-order valence-electron chi connectivity index (χ3n) is 2.58. The lowest BCUT2D eigenvalue weighted by Crippen LogP contribution is -1.97. The Hall–Kier alpha value is -0.370. The van der Waals surface area contributed by atoms with E-state index in [1.807, 2.05) is 11.3 Å². The molecule has 1 nitrogen and oxygen atoms in total. The Labute approximate surface area is 91.6 Å². The lowest BCUT2D eigenvalue weighted by Gasteiger charge is -2.13. The molecule has 0 spiro atoms. The summed E-state index contributed by atoms with van der Waals surface area (Å²) in [5.74, 6) is 0.760. The summed E-state index contributed by atoms with van der Waals surface area (Å²) in [4.78, 5) is 6.05. The first-order chi connectivity index (χ1) is 6.69. The van der Waals surface area contributed by atoms with Gasteiger partial charge in [0.25, 0.3) is 0 Å². The molecule has 14 heavy (non-hydrogen) atoms. The molecule has 0 amide bonds. The summed E-state index contributed by atoms with van der Waals surface area (Å²) in [6.07, 6.45) is 5.19. The second kappa shape index (κ2) is 5.50. The molecular weight excluding hydrogens is 190 g/mol. The standard InChI is InChI=1S/C12H21NS/c1-5-7-11(8-6-2)12-9(3)13-10(4)14-12/h11H,5-8H2,1-4H3. The second-order valence-electron chi connectivity index (χ2n) is 3.96. The molecule has 1 aromatic rings. The van der Waals surface area contributed by atoms with Crippen molar-refractivity contribution in [3.05, 3.63) is 15.6 Å². The van der Waals surface area contributed by atoms with E-state index in [-0.39, 0.29) is 0 Å². The summed E-state index contributed by atoms with van der Waals surface area (Å²) in [6, 6.07) is 0. The number of thiazole rings is 1. The smallest absolute Gasteiger partial charge is 0.0900 e. The van der Waals surface area contributed by atoms with Gasteiger partial charge in [-0.05, 0) is 32.6 Å². The minimum absolute atomic E-state index is 0.760. The molecule has 0 aromatic carbocycles. The zero-order chi connectivity index (χ0) is 10.6. The van der Waals surface area contributed by atoms with E-state index in [1.54, 1.807) is 0 Å². The number of hydrogen-bond donors (Lipinski definition) is 0. The third-order valence-corrected chi connectivity index (χ3v) is 3.82. The van der Waals surface area contributed by atoms with Crippen LogP contribution in [0.3, 0.4) is 0 Å². The van der Waals surface area contributed by atoms with Crippen molar-refractivity contribution in [2.75, 3.05) is 0 Å². The van der Waals surface area contributed by atoms with Crippen molar-refractivity contribution >= 4 is 11.3 Å². The molecular formula is C12H21NS. The van der Waals surface area contributed by atoms with Gasteiger partial charge < -0.3 is 0 Å². The highest BCUT2D eigenvalue weighted by Gasteiger charge is 2.15. The fourth-order valence-corrected chi connectivity index (χ4v) is 3.13. The van der Waals surface area contributed by atoms with Crippen LogP contribution < -0.4 is 0 Å². The minimum atomic E-state index is 0.760. The van der Waals surface area contributed by atoms with Gasteiger partial charge in [-0.2, -0.15) is 0 Å². The van der Waals surface area contributed by atoms with Gasteiger partial charge in [-0.1, -0.05) is 26.7 Å². The van der Waals surface area contributed by atoms with Crippen molar-refractivity contribution in [3.63, 3.8) is 0 Å². The van der Waals surface area contributed by atoms with Crippen LogP contribution >= 0.6 is 11.3 Å². The van der Waals surface area contributed by atoms with Crippen molar-refractivity contribution in [1.82, 2.24) is 4.98 Å². The summed E-state index contributed by atoms with van der Waals surface area (Å²) in [6.45, 7) is 8.80. The third kappa shape index (κ3) is 2.81. The fourth-order valence-electron chi connectivity index (χ4n) is 2.03. The van der Waals surface area contributed by atoms with Crippen LogP contribution in [0.4, 0.5) is 0 Å². The molecule has 0 aliphatic rings. The zero-order valence-electron chi connectivity index (χ0n) is 9.76. The Bertz CT molecular complexity index is 272.